The third kappa shape index (κ3) is 4.30. The number of likely N-dealkylation sites (N-methyl/N-ethyl adjacent to an activating group) is 1. The molecule has 3 aromatic rings. The highest BCUT2D eigenvalue weighted by atomic mass is 19.1. The predicted molar refractivity (Wildman–Crippen MR) is 124 cm³/mol. The maximum atomic E-state index is 13.5. The van der Waals surface area contributed by atoms with E-state index in [2.05, 4.69) is 15.6 Å². The predicted octanol–water partition coefficient (Wildman–Crippen LogP) is 1.11. The lowest BCUT2D eigenvalue weighted by molar-refractivity contribution is -0.136. The van der Waals surface area contributed by atoms with Gasteiger partial charge in [0.05, 0.1) is 13.2 Å². The van der Waals surface area contributed by atoms with Gasteiger partial charge in [-0.05, 0) is 24.6 Å². The highest BCUT2D eigenvalue weighted by molar-refractivity contribution is 6.03. The number of halogens is 1. The molecule has 0 saturated heterocycles. The smallest absolute Gasteiger partial charge is 0.268 e. The number of nitrogens with one attached hydrogen (secondary N) is 2. The van der Waals surface area contributed by atoms with Crippen LogP contribution in [-0.2, 0) is 22.5 Å². The Bertz CT molecular complexity index is 1370. The minimum atomic E-state index is -1.49. The summed E-state index contributed by atoms with van der Waals surface area (Å²) in [4.78, 5) is 43.3. The van der Waals surface area contributed by atoms with E-state index in [1.165, 1.54) is 44.0 Å². The van der Waals surface area contributed by atoms with Crippen LogP contribution in [0.15, 0.2) is 35.3 Å². The fourth-order valence-electron chi connectivity index (χ4n) is 4.12. The second kappa shape index (κ2) is 9.34. The first-order valence-corrected chi connectivity index (χ1v) is 10.9. The molecule has 184 valence electrons. The van der Waals surface area contributed by atoms with Crippen LogP contribution in [0.5, 0.6) is 11.5 Å². The van der Waals surface area contributed by atoms with Crippen LogP contribution in [0.1, 0.15) is 28.4 Å². The molecule has 0 spiro atoms. The number of nitrogens with zero attached hydrogens (tertiary/aromatic N) is 2. The lowest BCUT2D eigenvalue weighted by Crippen LogP contribution is -2.54. The molecule has 3 N–H and O–H groups in total. The summed E-state index contributed by atoms with van der Waals surface area (Å²) in [6, 6.07) is 5.85. The van der Waals surface area contributed by atoms with Crippen LogP contribution < -0.4 is 20.9 Å². The number of carbonyl (C=O) groups excluding carboxylic acids is 2. The summed E-state index contributed by atoms with van der Waals surface area (Å²) in [5.41, 5.74) is -1.35. The molecular formula is C24H25FN4O6. The Morgan fingerprint density at radius 3 is 2.69 bits per heavy atom. The number of hydrogen-bond acceptors (Lipinski definition) is 7. The monoisotopic (exact) mass is 484 g/mol. The van der Waals surface area contributed by atoms with Crippen LogP contribution in [0.4, 0.5) is 4.39 Å². The van der Waals surface area contributed by atoms with Gasteiger partial charge in [0.25, 0.3) is 17.4 Å². The van der Waals surface area contributed by atoms with Gasteiger partial charge in [-0.1, -0.05) is 12.1 Å². The van der Waals surface area contributed by atoms with Gasteiger partial charge in [0.2, 0.25) is 5.60 Å². The number of amides is 2. The Morgan fingerprint density at radius 2 is 2.03 bits per heavy atom. The lowest BCUT2D eigenvalue weighted by Gasteiger charge is -2.36. The van der Waals surface area contributed by atoms with Gasteiger partial charge >= 0.3 is 0 Å². The van der Waals surface area contributed by atoms with Gasteiger partial charge < -0.3 is 25.2 Å². The molecule has 0 unspecified atom stereocenters. The van der Waals surface area contributed by atoms with Crippen LogP contribution in [0.2, 0.25) is 0 Å². The maximum absolute atomic E-state index is 13.5. The number of pyridine rings is 2. The number of carbonyl (C=O) groups is 2. The summed E-state index contributed by atoms with van der Waals surface area (Å²) in [5, 5.41) is 15.9. The molecule has 2 aromatic heterocycles. The van der Waals surface area contributed by atoms with Crippen LogP contribution >= 0.6 is 0 Å². The van der Waals surface area contributed by atoms with Crippen molar-refractivity contribution in [2.75, 3.05) is 27.3 Å². The van der Waals surface area contributed by atoms with Crippen molar-refractivity contribution >= 4 is 22.8 Å². The van der Waals surface area contributed by atoms with Crippen LogP contribution in [0, 0.1) is 5.82 Å². The largest absolute Gasteiger partial charge is 0.505 e. The number of methoxy groups -OCH3 is 1. The second-order valence-electron chi connectivity index (χ2n) is 8.39. The van der Waals surface area contributed by atoms with Gasteiger partial charge in [0.1, 0.15) is 22.4 Å². The Morgan fingerprint density at radius 1 is 1.31 bits per heavy atom. The SMILES string of the molecule is CNC(=O)[C@]1(C)Cn2c(=O)c(C(=O)NCCOC)c(O)c3ncc(Cc4ccc(F)cc4)c(c32)O1. The molecule has 35 heavy (non-hydrogen) atoms. The highest BCUT2D eigenvalue weighted by Crippen LogP contribution is 2.40. The first-order valence-electron chi connectivity index (χ1n) is 10.9. The summed E-state index contributed by atoms with van der Waals surface area (Å²) in [6.45, 7) is 1.66. The van der Waals surface area contributed by atoms with Crippen molar-refractivity contribution in [2.45, 2.75) is 25.5 Å². The van der Waals surface area contributed by atoms with E-state index in [0.717, 1.165) is 5.56 Å². The number of ether oxygens (including phenoxy) is 2. The zero-order chi connectivity index (χ0) is 25.3. The molecule has 1 aliphatic rings. The summed E-state index contributed by atoms with van der Waals surface area (Å²) in [5.74, 6) is -2.06. The molecule has 1 aliphatic heterocycles. The summed E-state index contributed by atoms with van der Waals surface area (Å²) >= 11 is 0. The third-order valence-corrected chi connectivity index (χ3v) is 5.89. The average molecular weight is 484 g/mol. The molecule has 0 saturated carbocycles. The molecule has 2 amide bonds. The van der Waals surface area contributed by atoms with Crippen molar-refractivity contribution in [3.05, 3.63) is 63.3 Å². The third-order valence-electron chi connectivity index (χ3n) is 5.89. The van der Waals surface area contributed by atoms with Gasteiger partial charge in [0.15, 0.2) is 11.5 Å². The fraction of sp³-hybridized carbons (Fsp3) is 0.333. The first kappa shape index (κ1) is 24.1. The molecule has 0 bridgehead atoms. The first-order chi connectivity index (χ1) is 16.7. The van der Waals surface area contributed by atoms with Crippen molar-refractivity contribution in [2.24, 2.45) is 0 Å². The molecule has 11 heteroatoms. The van der Waals surface area contributed by atoms with E-state index in [1.807, 2.05) is 0 Å². The number of rotatable bonds is 7. The molecular weight excluding hydrogens is 459 g/mol. The number of aromatic hydroxyl groups is 1. The Kier molecular flexibility index (Phi) is 6.44. The highest BCUT2D eigenvalue weighted by Gasteiger charge is 2.42. The van der Waals surface area contributed by atoms with Crippen molar-refractivity contribution in [1.82, 2.24) is 20.2 Å². The average Bonchev–Trinajstić information content (AvgIpc) is 2.84. The second-order valence-corrected chi connectivity index (χ2v) is 8.39. The number of benzene rings is 1. The molecule has 1 atom stereocenters. The molecule has 0 aliphatic carbocycles. The van der Waals surface area contributed by atoms with Gasteiger partial charge in [0, 0.05) is 38.9 Å². The van der Waals surface area contributed by atoms with Gasteiger partial charge in [-0.2, -0.15) is 0 Å². The van der Waals surface area contributed by atoms with Crippen LogP contribution in [0.25, 0.3) is 11.0 Å². The van der Waals surface area contributed by atoms with Crippen LogP contribution in [-0.4, -0.2) is 59.4 Å². The van der Waals surface area contributed by atoms with E-state index in [0.29, 0.717) is 5.56 Å². The van der Waals surface area contributed by atoms with E-state index >= 15 is 0 Å². The molecule has 0 fully saturated rings. The minimum absolute atomic E-state index is 0.0155. The summed E-state index contributed by atoms with van der Waals surface area (Å²) in [6.07, 6.45) is 1.70. The Balaban J connectivity index is 1.92. The molecule has 10 nitrogen and oxygen atoms in total. The minimum Gasteiger partial charge on any atom is -0.505 e. The Hall–Kier alpha value is -3.99. The molecule has 1 aromatic carbocycles. The zero-order valence-electron chi connectivity index (χ0n) is 19.5. The van der Waals surface area contributed by atoms with Crippen LogP contribution in [0.3, 0.4) is 0 Å². The lowest BCUT2D eigenvalue weighted by atomic mass is 9.98. The summed E-state index contributed by atoms with van der Waals surface area (Å²) < 4.78 is 25.7. The van der Waals surface area contributed by atoms with E-state index in [1.54, 1.807) is 12.1 Å². The van der Waals surface area contributed by atoms with E-state index in [-0.39, 0.29) is 48.7 Å². The van der Waals surface area contributed by atoms with E-state index in [4.69, 9.17) is 9.47 Å². The van der Waals surface area contributed by atoms with Gasteiger partial charge in [-0.15, -0.1) is 0 Å². The topological polar surface area (TPSA) is 132 Å². The summed E-state index contributed by atoms with van der Waals surface area (Å²) in [7, 11) is 2.91. The molecule has 0 radical (unpaired) electrons. The van der Waals surface area contributed by atoms with Crippen molar-refractivity contribution in [3.63, 3.8) is 0 Å². The standard InChI is InChI=1S/C24H25FN4O6/c1-24(23(33)26-2)12-29-18-17(19(30)16(22(29)32)21(31)27-8-9-34-3)28-11-14(20(18)35-24)10-13-4-6-15(25)7-5-13/h4-7,11,30H,8-10,12H2,1-3H3,(H,26,33)(H,27,31)/t24-/m0/s1. The van der Waals surface area contributed by atoms with Crippen molar-refractivity contribution < 1.29 is 28.6 Å². The molecule has 3 heterocycles. The van der Waals surface area contributed by atoms with E-state index < -0.39 is 34.3 Å². The number of hydrogen-bond donors (Lipinski definition) is 3. The fourth-order valence-corrected chi connectivity index (χ4v) is 4.12. The van der Waals surface area contributed by atoms with Gasteiger partial charge in [-0.25, -0.2) is 4.39 Å². The quantitative estimate of drug-likeness (QED) is 0.428. The maximum Gasteiger partial charge on any atom is 0.268 e. The van der Waals surface area contributed by atoms with E-state index in [9.17, 15) is 23.9 Å². The zero-order valence-corrected chi connectivity index (χ0v) is 19.5. The molecule has 4 rings (SSSR count). The normalized spacial score (nSPS) is 16.6. The van der Waals surface area contributed by atoms with Gasteiger partial charge in [-0.3, -0.25) is 23.9 Å². The number of aromatic nitrogens is 2. The van der Waals surface area contributed by atoms with Crippen molar-refractivity contribution in [3.8, 4) is 11.5 Å². The van der Waals surface area contributed by atoms with Crippen molar-refractivity contribution in [1.29, 1.82) is 0 Å². The Labute approximate surface area is 199 Å².